The summed E-state index contributed by atoms with van der Waals surface area (Å²) < 4.78 is 0. The first-order valence-electron chi connectivity index (χ1n) is 12.5. The summed E-state index contributed by atoms with van der Waals surface area (Å²) in [5, 5.41) is 29.9. The fraction of sp³-hybridized carbons (Fsp3) is 0.400. The second-order valence-corrected chi connectivity index (χ2v) is 9.18. The lowest BCUT2D eigenvalue weighted by molar-refractivity contribution is -0.143. The molecule has 16 heteroatoms. The number of carbonyl (C=O) groups excluding carboxylic acids is 5. The molecule has 2 rings (SSSR count). The average Bonchev–Trinajstić information content (AvgIpc) is 3.32. The summed E-state index contributed by atoms with van der Waals surface area (Å²) in [7, 11) is 0. The molecule has 16 nitrogen and oxygen atoms in total. The first-order chi connectivity index (χ1) is 19.3. The van der Waals surface area contributed by atoms with E-state index in [2.05, 4.69) is 26.3 Å². The van der Waals surface area contributed by atoms with Gasteiger partial charge in [-0.2, -0.15) is 0 Å². The van der Waals surface area contributed by atoms with Gasteiger partial charge in [-0.25, -0.2) is 0 Å². The van der Waals surface area contributed by atoms with Crippen LogP contribution in [0.25, 0.3) is 10.9 Å². The van der Waals surface area contributed by atoms with Gasteiger partial charge in [0.2, 0.25) is 29.5 Å². The standard InChI is InChI=1S/C25H33N7O9/c1-12(30-23(38)16(26)7-14-9-27-17-6-4-3-5-15(14)17)22(37)29-10-19(33)28-11-20(34)32-18(8-21(35)36)24(39)31-13(2)25(40)41/h3-6,9,12-13,16,18,27H,7-8,10-11,26H2,1-2H3,(H,28,33)(H,29,37)(H,30,38)(H,31,39)(H,32,34)(H,35,36)(H,40,41)/t12-,13-,16+,18-/m0/s1. The van der Waals surface area contributed by atoms with Crippen molar-refractivity contribution in [1.82, 2.24) is 31.6 Å². The summed E-state index contributed by atoms with van der Waals surface area (Å²) in [4.78, 5) is 86.1. The Bertz CT molecular complexity index is 1310. The molecule has 2 aromatic rings. The lowest BCUT2D eigenvalue weighted by atomic mass is 10.0. The van der Waals surface area contributed by atoms with Crippen molar-refractivity contribution in [3.05, 3.63) is 36.0 Å². The third-order valence-electron chi connectivity index (χ3n) is 5.83. The zero-order chi connectivity index (χ0) is 30.7. The first-order valence-corrected chi connectivity index (χ1v) is 12.5. The molecule has 0 aliphatic rings. The third kappa shape index (κ3) is 10.2. The molecular formula is C25H33N7O9. The molecule has 0 unspecified atom stereocenters. The van der Waals surface area contributed by atoms with Crippen LogP contribution in [0.3, 0.4) is 0 Å². The Balaban J connectivity index is 1.76. The Morgan fingerprint density at radius 3 is 2.12 bits per heavy atom. The summed E-state index contributed by atoms with van der Waals surface area (Å²) in [6, 6.07) is 2.62. The topological polar surface area (TPSA) is 262 Å². The average molecular weight is 576 g/mol. The van der Waals surface area contributed by atoms with Crippen molar-refractivity contribution in [2.75, 3.05) is 13.1 Å². The second-order valence-electron chi connectivity index (χ2n) is 9.18. The fourth-order valence-electron chi connectivity index (χ4n) is 3.58. The molecule has 1 heterocycles. The van der Waals surface area contributed by atoms with Crippen molar-refractivity contribution >= 4 is 52.4 Å². The van der Waals surface area contributed by atoms with E-state index in [1.807, 2.05) is 29.6 Å². The quantitative estimate of drug-likeness (QED) is 0.106. The fourth-order valence-corrected chi connectivity index (χ4v) is 3.58. The molecule has 1 aromatic heterocycles. The highest BCUT2D eigenvalue weighted by Crippen LogP contribution is 2.18. The van der Waals surface area contributed by atoms with E-state index >= 15 is 0 Å². The highest BCUT2D eigenvalue weighted by atomic mass is 16.4. The van der Waals surface area contributed by atoms with Crippen LogP contribution in [0, 0.1) is 0 Å². The molecule has 41 heavy (non-hydrogen) atoms. The molecule has 0 radical (unpaired) electrons. The Morgan fingerprint density at radius 1 is 0.829 bits per heavy atom. The van der Waals surface area contributed by atoms with Gasteiger partial charge in [0.1, 0.15) is 18.1 Å². The molecule has 5 amide bonds. The van der Waals surface area contributed by atoms with E-state index in [4.69, 9.17) is 15.9 Å². The summed E-state index contributed by atoms with van der Waals surface area (Å²) in [5.74, 6) is -6.82. The van der Waals surface area contributed by atoms with Gasteiger partial charge in [0, 0.05) is 17.1 Å². The minimum atomic E-state index is -1.59. The number of amides is 5. The molecule has 4 atom stereocenters. The summed E-state index contributed by atoms with van der Waals surface area (Å²) in [6.45, 7) is 1.33. The molecule has 222 valence electrons. The molecule has 10 N–H and O–H groups in total. The zero-order valence-corrected chi connectivity index (χ0v) is 22.4. The lowest BCUT2D eigenvalue weighted by Crippen LogP contribution is -2.54. The maximum atomic E-state index is 12.5. The largest absolute Gasteiger partial charge is 0.481 e. The Morgan fingerprint density at radius 2 is 1.46 bits per heavy atom. The van der Waals surface area contributed by atoms with Gasteiger partial charge in [0.05, 0.1) is 25.6 Å². The van der Waals surface area contributed by atoms with Gasteiger partial charge >= 0.3 is 11.9 Å². The van der Waals surface area contributed by atoms with Gasteiger partial charge < -0.3 is 47.5 Å². The Labute approximate surface area is 233 Å². The van der Waals surface area contributed by atoms with Crippen LogP contribution in [0.2, 0.25) is 0 Å². The van der Waals surface area contributed by atoms with E-state index < -0.39 is 85.2 Å². The van der Waals surface area contributed by atoms with Crippen molar-refractivity contribution in [2.24, 2.45) is 5.73 Å². The monoisotopic (exact) mass is 575 g/mol. The number of carboxylic acids is 2. The third-order valence-corrected chi connectivity index (χ3v) is 5.83. The van der Waals surface area contributed by atoms with Gasteiger partial charge in [-0.3, -0.25) is 33.6 Å². The van der Waals surface area contributed by atoms with Crippen molar-refractivity contribution in [3.63, 3.8) is 0 Å². The van der Waals surface area contributed by atoms with Crippen LogP contribution in [-0.4, -0.2) is 93.9 Å². The van der Waals surface area contributed by atoms with Gasteiger partial charge in [-0.05, 0) is 31.9 Å². The number of nitrogens with two attached hydrogens (primary N) is 1. The summed E-state index contributed by atoms with van der Waals surface area (Å²) in [6.07, 6.45) is 1.15. The van der Waals surface area contributed by atoms with Crippen molar-refractivity contribution in [2.45, 2.75) is 50.9 Å². The number of carboxylic acid groups (broad SMARTS) is 2. The van der Waals surface area contributed by atoms with Crippen LogP contribution in [0.15, 0.2) is 30.5 Å². The highest BCUT2D eigenvalue weighted by Gasteiger charge is 2.27. The van der Waals surface area contributed by atoms with Gasteiger partial charge in [-0.1, -0.05) is 18.2 Å². The Kier molecular flexibility index (Phi) is 11.8. The molecule has 0 bridgehead atoms. The van der Waals surface area contributed by atoms with Crippen molar-refractivity contribution in [1.29, 1.82) is 0 Å². The second kappa shape index (κ2) is 15.0. The molecule has 0 spiro atoms. The summed E-state index contributed by atoms with van der Waals surface area (Å²) >= 11 is 0. The van der Waals surface area contributed by atoms with Crippen LogP contribution in [0.1, 0.15) is 25.8 Å². The molecule has 0 saturated heterocycles. The number of aromatic nitrogens is 1. The molecule has 0 saturated carbocycles. The van der Waals surface area contributed by atoms with E-state index in [1.54, 1.807) is 6.20 Å². The van der Waals surface area contributed by atoms with Crippen LogP contribution in [0.5, 0.6) is 0 Å². The normalized spacial score (nSPS) is 13.6. The number of aromatic amines is 1. The smallest absolute Gasteiger partial charge is 0.325 e. The number of benzene rings is 1. The molecular weight excluding hydrogens is 542 g/mol. The van der Waals surface area contributed by atoms with E-state index in [-0.39, 0.29) is 6.42 Å². The number of hydrogen-bond donors (Lipinski definition) is 9. The number of nitrogens with one attached hydrogen (secondary N) is 6. The first kappa shape index (κ1) is 32.2. The van der Waals surface area contributed by atoms with Crippen molar-refractivity contribution in [3.8, 4) is 0 Å². The van der Waals surface area contributed by atoms with E-state index in [1.165, 1.54) is 6.92 Å². The minimum Gasteiger partial charge on any atom is -0.481 e. The predicted octanol–water partition coefficient (Wildman–Crippen LogP) is -2.68. The van der Waals surface area contributed by atoms with E-state index in [0.29, 0.717) is 0 Å². The van der Waals surface area contributed by atoms with Gasteiger partial charge in [0.25, 0.3) is 0 Å². The van der Waals surface area contributed by atoms with Crippen LogP contribution >= 0.6 is 0 Å². The minimum absolute atomic E-state index is 0.224. The molecule has 0 aliphatic heterocycles. The van der Waals surface area contributed by atoms with Gasteiger partial charge in [0.15, 0.2) is 0 Å². The number of rotatable bonds is 15. The number of para-hydroxylation sites is 1. The lowest BCUT2D eigenvalue weighted by Gasteiger charge is -2.19. The predicted molar refractivity (Wildman–Crippen MR) is 143 cm³/mol. The SMILES string of the molecule is C[C@H](NC(=O)[C@H](CC(=O)O)NC(=O)CNC(=O)CNC(=O)[C@H](C)NC(=O)[C@H](N)Cc1c[nH]c2ccccc12)C(=O)O. The van der Waals surface area contributed by atoms with Gasteiger partial charge in [-0.15, -0.1) is 0 Å². The number of H-pyrrole nitrogens is 1. The maximum absolute atomic E-state index is 12.5. The summed E-state index contributed by atoms with van der Waals surface area (Å²) in [5.41, 5.74) is 7.75. The molecule has 1 aromatic carbocycles. The van der Waals surface area contributed by atoms with E-state index in [0.717, 1.165) is 23.4 Å². The number of fused-ring (bicyclic) bond motifs is 1. The van der Waals surface area contributed by atoms with Crippen LogP contribution < -0.4 is 32.3 Å². The molecule has 0 aliphatic carbocycles. The Hall–Kier alpha value is -4.99. The number of hydrogen-bond acceptors (Lipinski definition) is 8. The van der Waals surface area contributed by atoms with Crippen LogP contribution in [0.4, 0.5) is 0 Å². The zero-order valence-electron chi connectivity index (χ0n) is 22.4. The maximum Gasteiger partial charge on any atom is 0.325 e. The number of aliphatic carboxylic acids is 2. The molecule has 0 fully saturated rings. The number of carbonyl (C=O) groups is 7. The van der Waals surface area contributed by atoms with Crippen LogP contribution in [-0.2, 0) is 40.0 Å². The highest BCUT2D eigenvalue weighted by molar-refractivity contribution is 5.95. The van der Waals surface area contributed by atoms with Crippen molar-refractivity contribution < 1.29 is 43.8 Å². The van der Waals surface area contributed by atoms with E-state index in [9.17, 15) is 33.6 Å².